The Kier molecular flexibility index (Phi) is 2.29. The molecule has 0 aromatic carbocycles. The molecule has 0 radical (unpaired) electrons. The molecule has 0 aromatic rings. The largest absolute Gasteiger partial charge is 0.212 e. The monoisotopic (exact) mass is 90.0 g/mol. The predicted molar refractivity (Wildman–Crippen MR) is 20.5 cm³/mol. The van der Waals surface area contributed by atoms with Gasteiger partial charge in [0.15, 0.2) is 5.83 Å². The van der Waals surface area contributed by atoms with Gasteiger partial charge in [0.1, 0.15) is 6.33 Å². The van der Waals surface area contributed by atoms with Crippen LogP contribution in [0, 0.1) is 0 Å². The quantitative estimate of drug-likeness (QED) is 0.432. The second-order valence-electron chi connectivity index (χ2n) is 0.698. The van der Waals surface area contributed by atoms with E-state index < -0.39 is 5.83 Å². The van der Waals surface area contributed by atoms with Gasteiger partial charge in [-0.05, 0) is 6.08 Å². The van der Waals surface area contributed by atoms with E-state index in [9.17, 15) is 8.78 Å². The summed E-state index contributed by atoms with van der Waals surface area (Å²) in [5, 5.41) is 0. The molecular weight excluding hydrogens is 86.0 g/mol. The highest BCUT2D eigenvalue weighted by Gasteiger charge is 1.76. The van der Waals surface area contributed by atoms with E-state index in [1.54, 1.807) is 0 Å². The molecule has 0 fully saturated rings. The van der Waals surface area contributed by atoms with Crippen LogP contribution < -0.4 is 0 Å². The first-order chi connectivity index (χ1) is 2.81. The Balaban J connectivity index is 3.50. The van der Waals surface area contributed by atoms with Gasteiger partial charge >= 0.3 is 0 Å². The van der Waals surface area contributed by atoms with Crippen LogP contribution in [-0.4, -0.2) is 0 Å². The van der Waals surface area contributed by atoms with Crippen molar-refractivity contribution in [2.75, 3.05) is 0 Å². The third-order valence-electron chi connectivity index (χ3n) is 0.299. The standard InChI is InChI=1S/C4H4F2/c1-2-4(6)3-5/h2-3H,1H2. The Morgan fingerprint density at radius 2 is 2.17 bits per heavy atom. The lowest BCUT2D eigenvalue weighted by Crippen LogP contribution is -1.52. The maximum absolute atomic E-state index is 11.2. The molecule has 0 N–H and O–H groups in total. The summed E-state index contributed by atoms with van der Waals surface area (Å²) in [4.78, 5) is 0. The Morgan fingerprint density at radius 1 is 1.67 bits per heavy atom. The molecule has 0 bridgehead atoms. The molecule has 0 amide bonds. The van der Waals surface area contributed by atoms with Gasteiger partial charge in [-0.3, -0.25) is 0 Å². The summed E-state index contributed by atoms with van der Waals surface area (Å²) in [6.45, 7) is 2.95. The fourth-order valence-corrected chi connectivity index (χ4v) is 0.0445. The molecular formula is C4H4F2. The topological polar surface area (TPSA) is 0 Å². The Hall–Kier alpha value is -0.660. The van der Waals surface area contributed by atoms with E-state index in [0.29, 0.717) is 0 Å². The lowest BCUT2D eigenvalue weighted by Gasteiger charge is -1.70. The third kappa shape index (κ3) is 1.64. The van der Waals surface area contributed by atoms with E-state index >= 15 is 0 Å². The summed E-state index contributed by atoms with van der Waals surface area (Å²) < 4.78 is 22.0. The van der Waals surface area contributed by atoms with Crippen LogP contribution in [0.25, 0.3) is 0 Å². The predicted octanol–water partition coefficient (Wildman–Crippen LogP) is 1.95. The SMILES string of the molecule is C=CC(F)=CF. The van der Waals surface area contributed by atoms with Crippen LogP contribution >= 0.6 is 0 Å². The lowest BCUT2D eigenvalue weighted by atomic mass is 10.6. The zero-order valence-corrected chi connectivity index (χ0v) is 3.12. The van der Waals surface area contributed by atoms with Gasteiger partial charge in [-0.2, -0.15) is 0 Å². The van der Waals surface area contributed by atoms with Crippen LogP contribution in [0.5, 0.6) is 0 Å². The molecule has 0 saturated heterocycles. The number of hydrogen-bond acceptors (Lipinski definition) is 0. The summed E-state index contributed by atoms with van der Waals surface area (Å²) in [5.41, 5.74) is 0. The van der Waals surface area contributed by atoms with Gasteiger partial charge in [-0.15, -0.1) is 0 Å². The molecule has 0 aliphatic heterocycles. The Bertz CT molecular complexity index is 73.6. The number of rotatable bonds is 1. The molecule has 6 heavy (non-hydrogen) atoms. The van der Waals surface area contributed by atoms with E-state index in [1.165, 1.54) is 0 Å². The molecule has 0 spiro atoms. The Labute approximate surface area is 34.8 Å². The highest BCUT2D eigenvalue weighted by Crippen LogP contribution is 1.93. The Morgan fingerprint density at radius 3 is 2.17 bits per heavy atom. The zero-order valence-electron chi connectivity index (χ0n) is 3.12. The normalized spacial score (nSPS) is 11.3. The molecule has 0 rings (SSSR count). The van der Waals surface area contributed by atoms with Gasteiger partial charge in [0.05, 0.1) is 0 Å². The van der Waals surface area contributed by atoms with Crippen molar-refractivity contribution in [2.45, 2.75) is 0 Å². The second-order valence-corrected chi connectivity index (χ2v) is 0.698. The second kappa shape index (κ2) is 2.57. The fourth-order valence-electron chi connectivity index (χ4n) is 0.0445. The van der Waals surface area contributed by atoms with E-state index in [0.717, 1.165) is 6.08 Å². The summed E-state index contributed by atoms with van der Waals surface area (Å²) >= 11 is 0. The maximum Gasteiger partial charge on any atom is 0.150 e. The van der Waals surface area contributed by atoms with Crippen molar-refractivity contribution in [3.63, 3.8) is 0 Å². The summed E-state index contributed by atoms with van der Waals surface area (Å²) in [6, 6.07) is 0. The lowest BCUT2D eigenvalue weighted by molar-refractivity contribution is 0.606. The van der Waals surface area contributed by atoms with Crippen molar-refractivity contribution in [3.8, 4) is 0 Å². The number of hydrogen-bond donors (Lipinski definition) is 0. The van der Waals surface area contributed by atoms with Crippen molar-refractivity contribution >= 4 is 0 Å². The molecule has 0 aromatic heterocycles. The first-order valence-electron chi connectivity index (χ1n) is 1.39. The minimum Gasteiger partial charge on any atom is -0.212 e. The van der Waals surface area contributed by atoms with E-state index in [1.807, 2.05) is 0 Å². The van der Waals surface area contributed by atoms with Crippen LogP contribution in [0.1, 0.15) is 0 Å². The first kappa shape index (κ1) is 5.34. The third-order valence-corrected chi connectivity index (χ3v) is 0.299. The van der Waals surface area contributed by atoms with Crippen LogP contribution in [0.15, 0.2) is 24.8 Å². The average Bonchev–Trinajstić information content (AvgIpc) is 1.65. The first-order valence-corrected chi connectivity index (χ1v) is 1.39. The summed E-state index contributed by atoms with van der Waals surface area (Å²) in [5.74, 6) is -0.935. The molecule has 0 nitrogen and oxygen atoms in total. The van der Waals surface area contributed by atoms with Crippen molar-refractivity contribution in [2.24, 2.45) is 0 Å². The minimum atomic E-state index is -0.935. The van der Waals surface area contributed by atoms with Gasteiger partial charge in [0.2, 0.25) is 0 Å². The highest BCUT2D eigenvalue weighted by molar-refractivity contribution is 5.02. The maximum atomic E-state index is 11.2. The van der Waals surface area contributed by atoms with Crippen molar-refractivity contribution < 1.29 is 8.78 Å². The molecule has 0 aliphatic carbocycles. The van der Waals surface area contributed by atoms with Crippen molar-refractivity contribution in [1.29, 1.82) is 0 Å². The van der Waals surface area contributed by atoms with Gasteiger partial charge in [0.25, 0.3) is 0 Å². The molecule has 0 saturated carbocycles. The zero-order chi connectivity index (χ0) is 4.99. The molecule has 0 unspecified atom stereocenters. The summed E-state index contributed by atoms with van der Waals surface area (Å²) in [7, 11) is 0. The van der Waals surface area contributed by atoms with Gasteiger partial charge in [-0.1, -0.05) is 6.58 Å². The van der Waals surface area contributed by atoms with Crippen LogP contribution in [-0.2, 0) is 0 Å². The van der Waals surface area contributed by atoms with Gasteiger partial charge in [-0.25, -0.2) is 8.78 Å². The fraction of sp³-hybridized carbons (Fsp3) is 0. The van der Waals surface area contributed by atoms with Crippen molar-refractivity contribution in [3.05, 3.63) is 24.8 Å². The van der Waals surface area contributed by atoms with Crippen LogP contribution in [0.3, 0.4) is 0 Å². The van der Waals surface area contributed by atoms with Gasteiger partial charge < -0.3 is 0 Å². The minimum absolute atomic E-state index is 0.146. The van der Waals surface area contributed by atoms with E-state index in [4.69, 9.17) is 0 Å². The molecule has 2 heteroatoms. The molecule has 34 valence electrons. The van der Waals surface area contributed by atoms with Crippen LogP contribution in [0.4, 0.5) is 8.78 Å². The van der Waals surface area contributed by atoms with E-state index in [2.05, 4.69) is 6.58 Å². The number of allylic oxidation sites excluding steroid dienone is 2. The molecule has 0 aliphatic rings. The molecule has 0 heterocycles. The highest BCUT2D eigenvalue weighted by atomic mass is 19.2. The van der Waals surface area contributed by atoms with Gasteiger partial charge in [0, 0.05) is 0 Å². The van der Waals surface area contributed by atoms with Crippen molar-refractivity contribution in [1.82, 2.24) is 0 Å². The average molecular weight is 90.1 g/mol. The molecule has 0 atom stereocenters. The number of halogens is 2. The summed E-state index contributed by atoms with van der Waals surface area (Å²) in [6.07, 6.45) is 0.646. The van der Waals surface area contributed by atoms with E-state index in [-0.39, 0.29) is 6.33 Å². The smallest absolute Gasteiger partial charge is 0.150 e. The van der Waals surface area contributed by atoms with Crippen LogP contribution in [0.2, 0.25) is 0 Å².